The predicted molar refractivity (Wildman–Crippen MR) is 66.0 cm³/mol. The molecule has 0 rings (SSSR count). The number of hydrogen-bond donors (Lipinski definition) is 1. The van der Waals surface area contributed by atoms with Gasteiger partial charge in [0.05, 0.1) is 0 Å². The Hall–Kier alpha value is 0.137. The predicted octanol–water partition coefficient (Wildman–Crippen LogP) is 3.14. The Balaban J connectivity index is 4.08. The van der Waals surface area contributed by atoms with Gasteiger partial charge in [-0.15, -0.1) is 0 Å². The first-order valence-corrected chi connectivity index (χ1v) is 8.49. The molecule has 0 saturated carbocycles. The summed E-state index contributed by atoms with van der Waals surface area (Å²) in [5.41, 5.74) is 5.48. The summed E-state index contributed by atoms with van der Waals surface area (Å²) in [6.45, 7) is 14.3. The van der Waals surface area contributed by atoms with Crippen molar-refractivity contribution in [2.24, 2.45) is 5.73 Å². The molecule has 0 aromatic rings. The van der Waals surface area contributed by atoms with E-state index in [-0.39, 0.29) is 0 Å². The lowest BCUT2D eigenvalue weighted by molar-refractivity contribution is 0.187. The Morgan fingerprint density at radius 3 is 2.14 bits per heavy atom. The molecule has 0 radical (unpaired) electrons. The fraction of sp³-hybridized carbons (Fsp3) is 1.00. The van der Waals surface area contributed by atoms with Gasteiger partial charge in [0, 0.05) is 6.10 Å². The summed E-state index contributed by atoms with van der Waals surface area (Å²) in [6, 6.07) is 0. The fourth-order valence-corrected chi connectivity index (χ4v) is 2.62. The molecule has 0 aliphatic heterocycles. The molecule has 0 heterocycles. The average molecular weight is 217 g/mol. The summed E-state index contributed by atoms with van der Waals surface area (Å²) in [5.74, 6) is 0. The molecule has 0 fully saturated rings. The number of nitrogens with two attached hydrogens (primary N) is 1. The Kier molecular flexibility index (Phi) is 5.34. The fourth-order valence-electron chi connectivity index (χ4n) is 1.14. The summed E-state index contributed by atoms with van der Waals surface area (Å²) in [6.07, 6.45) is 2.51. The van der Waals surface area contributed by atoms with Crippen molar-refractivity contribution in [3.05, 3.63) is 0 Å². The van der Waals surface area contributed by atoms with Gasteiger partial charge in [-0.3, -0.25) is 0 Å². The van der Waals surface area contributed by atoms with Crippen LogP contribution in [0.25, 0.3) is 0 Å². The van der Waals surface area contributed by atoms with Crippen molar-refractivity contribution in [1.29, 1.82) is 0 Å². The van der Waals surface area contributed by atoms with Crippen molar-refractivity contribution >= 4 is 8.32 Å². The second-order valence-corrected chi connectivity index (χ2v) is 10.4. The van der Waals surface area contributed by atoms with Gasteiger partial charge in [0.1, 0.15) is 0 Å². The molecule has 0 amide bonds. The van der Waals surface area contributed by atoms with Gasteiger partial charge in [-0.2, -0.15) is 0 Å². The molecular formula is C11H27NOSi. The summed E-state index contributed by atoms with van der Waals surface area (Å²) in [4.78, 5) is 0. The highest BCUT2D eigenvalue weighted by atomic mass is 28.4. The van der Waals surface area contributed by atoms with Crippen LogP contribution in [-0.2, 0) is 4.43 Å². The van der Waals surface area contributed by atoms with Crippen molar-refractivity contribution in [1.82, 2.24) is 0 Å². The van der Waals surface area contributed by atoms with Crippen LogP contribution in [0.3, 0.4) is 0 Å². The third-order valence-electron chi connectivity index (χ3n) is 3.12. The molecule has 2 nitrogen and oxygen atoms in total. The van der Waals surface area contributed by atoms with Crippen molar-refractivity contribution in [2.75, 3.05) is 6.54 Å². The maximum absolute atomic E-state index is 6.19. The Morgan fingerprint density at radius 2 is 1.79 bits per heavy atom. The van der Waals surface area contributed by atoms with Crippen LogP contribution in [0.5, 0.6) is 0 Å². The van der Waals surface area contributed by atoms with Gasteiger partial charge in [-0.05, 0) is 44.4 Å². The van der Waals surface area contributed by atoms with Gasteiger partial charge in [-0.1, -0.05) is 20.8 Å². The lowest BCUT2D eigenvalue weighted by Gasteiger charge is -2.38. The standard InChI is InChI=1S/C11H27NOSi/c1-10(8-7-9-12)13-14(5,6)11(2,3)4/h10H,7-9,12H2,1-6H3. The highest BCUT2D eigenvalue weighted by Gasteiger charge is 2.38. The molecule has 1 unspecified atom stereocenters. The minimum Gasteiger partial charge on any atom is -0.414 e. The van der Waals surface area contributed by atoms with E-state index in [2.05, 4.69) is 40.8 Å². The maximum Gasteiger partial charge on any atom is 0.192 e. The molecule has 0 saturated heterocycles. The van der Waals surface area contributed by atoms with E-state index in [1.807, 2.05) is 0 Å². The smallest absolute Gasteiger partial charge is 0.192 e. The molecule has 0 bridgehead atoms. The number of rotatable bonds is 5. The molecule has 86 valence electrons. The summed E-state index contributed by atoms with van der Waals surface area (Å²) >= 11 is 0. The first-order valence-electron chi connectivity index (χ1n) is 5.58. The van der Waals surface area contributed by atoms with Crippen LogP contribution in [0.15, 0.2) is 0 Å². The molecule has 0 aromatic carbocycles. The molecule has 14 heavy (non-hydrogen) atoms. The minimum atomic E-state index is -1.56. The zero-order chi connectivity index (χ0) is 11.4. The van der Waals surface area contributed by atoms with E-state index in [1.54, 1.807) is 0 Å². The van der Waals surface area contributed by atoms with Gasteiger partial charge < -0.3 is 10.2 Å². The Morgan fingerprint density at radius 1 is 1.29 bits per heavy atom. The van der Waals surface area contributed by atoms with E-state index in [0.717, 1.165) is 19.4 Å². The zero-order valence-electron chi connectivity index (χ0n) is 10.7. The monoisotopic (exact) mass is 217 g/mol. The van der Waals surface area contributed by atoms with Gasteiger partial charge in [-0.25, -0.2) is 0 Å². The van der Waals surface area contributed by atoms with Gasteiger partial charge in [0.25, 0.3) is 0 Å². The van der Waals surface area contributed by atoms with Gasteiger partial charge in [0.15, 0.2) is 8.32 Å². The van der Waals surface area contributed by atoms with Crippen molar-refractivity contribution in [3.8, 4) is 0 Å². The largest absolute Gasteiger partial charge is 0.414 e. The van der Waals surface area contributed by atoms with Crippen LogP contribution in [0, 0.1) is 0 Å². The second-order valence-electron chi connectivity index (χ2n) is 5.62. The SMILES string of the molecule is CC(CCCN)O[Si](C)(C)C(C)(C)C. The number of hydrogen-bond acceptors (Lipinski definition) is 2. The quantitative estimate of drug-likeness (QED) is 0.718. The van der Waals surface area contributed by atoms with Gasteiger partial charge in [0.2, 0.25) is 0 Å². The maximum atomic E-state index is 6.19. The second kappa shape index (κ2) is 5.28. The van der Waals surface area contributed by atoms with Crippen LogP contribution in [0.1, 0.15) is 40.5 Å². The highest BCUT2D eigenvalue weighted by molar-refractivity contribution is 6.74. The Labute approximate surface area is 90.3 Å². The molecule has 1 atom stereocenters. The lowest BCUT2D eigenvalue weighted by atomic mass is 10.2. The molecule has 0 spiro atoms. The van der Waals surface area contributed by atoms with E-state index in [4.69, 9.17) is 10.2 Å². The first-order chi connectivity index (χ1) is 6.20. The third-order valence-corrected chi connectivity index (χ3v) is 7.72. The van der Waals surface area contributed by atoms with Crippen molar-refractivity contribution < 1.29 is 4.43 Å². The molecule has 0 aromatic heterocycles. The van der Waals surface area contributed by atoms with Gasteiger partial charge >= 0.3 is 0 Å². The molecule has 0 aliphatic carbocycles. The molecular weight excluding hydrogens is 190 g/mol. The Bertz CT molecular complexity index is 163. The van der Waals surface area contributed by atoms with E-state index < -0.39 is 8.32 Å². The lowest BCUT2D eigenvalue weighted by Crippen LogP contribution is -2.43. The summed E-state index contributed by atoms with van der Waals surface area (Å²) in [5, 5.41) is 0.309. The van der Waals surface area contributed by atoms with Crippen molar-refractivity contribution in [3.63, 3.8) is 0 Å². The van der Waals surface area contributed by atoms with Crippen LogP contribution in [0.2, 0.25) is 18.1 Å². The van der Waals surface area contributed by atoms with E-state index in [0.29, 0.717) is 11.1 Å². The van der Waals surface area contributed by atoms with Crippen LogP contribution in [0.4, 0.5) is 0 Å². The van der Waals surface area contributed by atoms with E-state index >= 15 is 0 Å². The summed E-state index contributed by atoms with van der Waals surface area (Å²) < 4.78 is 6.19. The third kappa shape index (κ3) is 4.58. The summed E-state index contributed by atoms with van der Waals surface area (Å²) in [7, 11) is -1.56. The van der Waals surface area contributed by atoms with Crippen LogP contribution < -0.4 is 5.73 Å². The zero-order valence-corrected chi connectivity index (χ0v) is 11.7. The first kappa shape index (κ1) is 14.1. The topological polar surface area (TPSA) is 35.2 Å². The molecule has 0 aliphatic rings. The van der Waals surface area contributed by atoms with Crippen LogP contribution >= 0.6 is 0 Å². The minimum absolute atomic E-state index is 0.309. The average Bonchev–Trinajstić information content (AvgIpc) is 1.97. The normalized spacial score (nSPS) is 15.6. The van der Waals surface area contributed by atoms with E-state index in [9.17, 15) is 0 Å². The molecule has 3 heteroatoms. The highest BCUT2D eigenvalue weighted by Crippen LogP contribution is 2.37. The van der Waals surface area contributed by atoms with Crippen molar-refractivity contribution in [2.45, 2.75) is 64.8 Å². The molecule has 2 N–H and O–H groups in total. The van der Waals surface area contributed by atoms with E-state index in [1.165, 1.54) is 0 Å². The van der Waals surface area contributed by atoms with Crippen LogP contribution in [-0.4, -0.2) is 21.0 Å².